The molecule has 0 radical (unpaired) electrons. The molecule has 2 aromatic rings. The highest BCUT2D eigenvalue weighted by molar-refractivity contribution is 5.59. The lowest BCUT2D eigenvalue weighted by Gasteiger charge is -2.15. The van der Waals surface area contributed by atoms with E-state index in [9.17, 15) is 18.3 Å². The van der Waals surface area contributed by atoms with E-state index < -0.39 is 17.9 Å². The standard InChI is InChI=1S/C14H15F3N4O2/c1-8(7-22)18-13-20-11(14(15,16)17)6-12(21-13)19-9-3-2-4-10(23)5-9/h2-6,8,22-23H,7H2,1H3,(H2,18,19,20,21)/t8-/m1/s1. The summed E-state index contributed by atoms with van der Waals surface area (Å²) in [6, 6.07) is 6.14. The molecule has 9 heteroatoms. The number of benzene rings is 1. The van der Waals surface area contributed by atoms with Crippen LogP contribution in [0.4, 0.5) is 30.6 Å². The number of rotatable bonds is 5. The second-order valence-electron chi connectivity index (χ2n) is 4.86. The molecule has 6 nitrogen and oxygen atoms in total. The van der Waals surface area contributed by atoms with Gasteiger partial charge in [0.25, 0.3) is 0 Å². The first-order valence-corrected chi connectivity index (χ1v) is 6.67. The first kappa shape index (κ1) is 16.8. The summed E-state index contributed by atoms with van der Waals surface area (Å²) in [5.74, 6) is -0.387. The van der Waals surface area contributed by atoms with E-state index in [-0.39, 0.29) is 24.1 Å². The number of halogens is 3. The van der Waals surface area contributed by atoms with Crippen molar-refractivity contribution in [3.63, 3.8) is 0 Å². The van der Waals surface area contributed by atoms with E-state index in [4.69, 9.17) is 5.11 Å². The zero-order valence-corrected chi connectivity index (χ0v) is 12.1. The van der Waals surface area contributed by atoms with Gasteiger partial charge >= 0.3 is 6.18 Å². The highest BCUT2D eigenvalue weighted by atomic mass is 19.4. The summed E-state index contributed by atoms with van der Waals surface area (Å²) in [5, 5.41) is 23.6. The molecule has 1 heterocycles. The Balaban J connectivity index is 2.35. The molecule has 0 unspecified atom stereocenters. The summed E-state index contributed by atoms with van der Waals surface area (Å²) in [6.07, 6.45) is -4.64. The molecule has 0 saturated carbocycles. The number of aromatic hydroxyl groups is 1. The number of alkyl halides is 3. The fourth-order valence-electron chi connectivity index (χ4n) is 1.72. The second-order valence-corrected chi connectivity index (χ2v) is 4.86. The minimum atomic E-state index is -4.64. The number of aromatic nitrogens is 2. The van der Waals surface area contributed by atoms with Gasteiger partial charge in [-0.1, -0.05) is 6.07 Å². The summed E-state index contributed by atoms with van der Waals surface area (Å²) in [7, 11) is 0. The number of nitrogens with zero attached hydrogens (tertiary/aromatic N) is 2. The van der Waals surface area contributed by atoms with Crippen LogP contribution in [0.3, 0.4) is 0 Å². The summed E-state index contributed by atoms with van der Waals surface area (Å²) < 4.78 is 38.8. The lowest BCUT2D eigenvalue weighted by molar-refractivity contribution is -0.141. The number of aliphatic hydroxyl groups excluding tert-OH is 1. The number of anilines is 3. The topological polar surface area (TPSA) is 90.3 Å². The van der Waals surface area contributed by atoms with Gasteiger partial charge in [-0.3, -0.25) is 0 Å². The monoisotopic (exact) mass is 328 g/mol. The molecule has 0 fully saturated rings. The Labute approximate surface area is 130 Å². The minimum Gasteiger partial charge on any atom is -0.508 e. The van der Waals surface area contributed by atoms with Crippen molar-refractivity contribution in [2.75, 3.05) is 17.2 Å². The van der Waals surface area contributed by atoms with Crippen LogP contribution in [0.2, 0.25) is 0 Å². The van der Waals surface area contributed by atoms with E-state index in [1.165, 1.54) is 18.2 Å². The van der Waals surface area contributed by atoms with E-state index in [0.717, 1.165) is 6.07 Å². The van der Waals surface area contributed by atoms with Crippen LogP contribution in [0.15, 0.2) is 30.3 Å². The normalized spacial score (nSPS) is 12.7. The molecule has 0 aliphatic carbocycles. The van der Waals surface area contributed by atoms with Crippen LogP contribution in [0.1, 0.15) is 12.6 Å². The van der Waals surface area contributed by atoms with Gasteiger partial charge in [-0.2, -0.15) is 18.2 Å². The van der Waals surface area contributed by atoms with Crippen LogP contribution in [-0.2, 0) is 6.18 Å². The predicted molar refractivity (Wildman–Crippen MR) is 78.6 cm³/mol. The van der Waals surface area contributed by atoms with Gasteiger partial charge in [0, 0.05) is 23.9 Å². The Hall–Kier alpha value is -2.55. The van der Waals surface area contributed by atoms with E-state index in [0.29, 0.717) is 5.69 Å². The van der Waals surface area contributed by atoms with E-state index >= 15 is 0 Å². The van der Waals surface area contributed by atoms with Crippen molar-refractivity contribution in [3.05, 3.63) is 36.0 Å². The quantitative estimate of drug-likeness (QED) is 0.675. The highest BCUT2D eigenvalue weighted by Crippen LogP contribution is 2.30. The first-order chi connectivity index (χ1) is 10.8. The van der Waals surface area contributed by atoms with Gasteiger partial charge < -0.3 is 20.8 Å². The zero-order chi connectivity index (χ0) is 17.0. The van der Waals surface area contributed by atoms with Gasteiger partial charge in [-0.25, -0.2) is 4.98 Å². The summed E-state index contributed by atoms with van der Waals surface area (Å²) >= 11 is 0. The van der Waals surface area contributed by atoms with Crippen molar-refractivity contribution in [2.45, 2.75) is 19.1 Å². The average Bonchev–Trinajstić information content (AvgIpc) is 2.46. The van der Waals surface area contributed by atoms with Gasteiger partial charge in [0.15, 0.2) is 5.69 Å². The summed E-state index contributed by atoms with van der Waals surface area (Å²) in [6.45, 7) is 1.29. The van der Waals surface area contributed by atoms with Crippen LogP contribution >= 0.6 is 0 Å². The third-order valence-corrected chi connectivity index (χ3v) is 2.78. The van der Waals surface area contributed by atoms with Crippen molar-refractivity contribution in [1.82, 2.24) is 9.97 Å². The molecule has 0 saturated heterocycles. The van der Waals surface area contributed by atoms with Gasteiger partial charge in [0.2, 0.25) is 5.95 Å². The molecule has 4 N–H and O–H groups in total. The van der Waals surface area contributed by atoms with Crippen LogP contribution in [0.5, 0.6) is 5.75 Å². The van der Waals surface area contributed by atoms with Crippen molar-refractivity contribution < 1.29 is 23.4 Å². The Morgan fingerprint density at radius 3 is 2.57 bits per heavy atom. The Bertz CT molecular complexity index is 679. The van der Waals surface area contributed by atoms with E-state index in [2.05, 4.69) is 20.6 Å². The van der Waals surface area contributed by atoms with Crippen LogP contribution in [0.25, 0.3) is 0 Å². The average molecular weight is 328 g/mol. The maximum absolute atomic E-state index is 12.9. The van der Waals surface area contributed by atoms with Crippen molar-refractivity contribution in [2.24, 2.45) is 0 Å². The second kappa shape index (κ2) is 6.69. The molecule has 1 aromatic heterocycles. The maximum Gasteiger partial charge on any atom is 0.433 e. The van der Waals surface area contributed by atoms with Crippen LogP contribution in [0, 0.1) is 0 Å². The summed E-state index contributed by atoms with van der Waals surface area (Å²) in [5.41, 5.74) is -0.749. The molecular formula is C14H15F3N4O2. The van der Waals surface area contributed by atoms with Gasteiger partial charge in [0.05, 0.1) is 6.61 Å². The molecule has 23 heavy (non-hydrogen) atoms. The smallest absolute Gasteiger partial charge is 0.433 e. The Morgan fingerprint density at radius 1 is 1.22 bits per heavy atom. The number of phenolic OH excluding ortho intramolecular Hbond substituents is 1. The molecule has 1 aromatic carbocycles. The maximum atomic E-state index is 12.9. The highest BCUT2D eigenvalue weighted by Gasteiger charge is 2.33. The molecule has 124 valence electrons. The molecule has 2 rings (SSSR count). The number of hydrogen-bond acceptors (Lipinski definition) is 6. The Kier molecular flexibility index (Phi) is 4.89. The van der Waals surface area contributed by atoms with Gasteiger partial charge in [-0.15, -0.1) is 0 Å². The van der Waals surface area contributed by atoms with Crippen LogP contribution < -0.4 is 10.6 Å². The first-order valence-electron chi connectivity index (χ1n) is 6.67. The van der Waals surface area contributed by atoms with Crippen molar-refractivity contribution >= 4 is 17.5 Å². The number of phenols is 1. The lowest BCUT2D eigenvalue weighted by atomic mass is 10.3. The minimum absolute atomic E-state index is 0.0349. The number of aliphatic hydroxyl groups is 1. The summed E-state index contributed by atoms with van der Waals surface area (Å²) in [4.78, 5) is 7.34. The SMILES string of the molecule is C[C@H](CO)Nc1nc(Nc2cccc(O)c2)cc(C(F)(F)F)n1. The molecule has 0 bridgehead atoms. The third kappa shape index (κ3) is 4.71. The molecule has 0 aliphatic rings. The van der Waals surface area contributed by atoms with Gasteiger partial charge in [0.1, 0.15) is 11.6 Å². The molecule has 1 atom stereocenters. The van der Waals surface area contributed by atoms with Crippen molar-refractivity contribution in [1.29, 1.82) is 0 Å². The fraction of sp³-hybridized carbons (Fsp3) is 0.286. The zero-order valence-electron chi connectivity index (χ0n) is 12.1. The fourth-order valence-corrected chi connectivity index (χ4v) is 1.72. The molecule has 0 aliphatic heterocycles. The van der Waals surface area contributed by atoms with E-state index in [1.54, 1.807) is 13.0 Å². The molecule has 0 amide bonds. The third-order valence-electron chi connectivity index (χ3n) is 2.78. The molecular weight excluding hydrogens is 313 g/mol. The largest absolute Gasteiger partial charge is 0.508 e. The molecule has 0 spiro atoms. The van der Waals surface area contributed by atoms with Gasteiger partial charge in [-0.05, 0) is 19.1 Å². The van der Waals surface area contributed by atoms with Crippen LogP contribution in [-0.4, -0.2) is 32.8 Å². The lowest BCUT2D eigenvalue weighted by Crippen LogP contribution is -2.22. The van der Waals surface area contributed by atoms with E-state index in [1.807, 2.05) is 0 Å². The predicted octanol–water partition coefficient (Wildman–Crippen LogP) is 2.74. The number of nitrogens with one attached hydrogen (secondary N) is 2. The number of hydrogen-bond donors (Lipinski definition) is 4. The van der Waals surface area contributed by atoms with Crippen molar-refractivity contribution in [3.8, 4) is 5.75 Å². The Morgan fingerprint density at radius 2 is 1.96 bits per heavy atom.